The number of anilines is 1. The van der Waals surface area contributed by atoms with Crippen molar-refractivity contribution in [3.8, 4) is 0 Å². The van der Waals surface area contributed by atoms with Gasteiger partial charge < -0.3 is 0 Å². The molecular weight excluding hydrogens is 190 g/mol. The Kier molecular flexibility index (Phi) is 4.59. The molecule has 0 aromatic heterocycles. The molecule has 0 heterocycles. The molecule has 1 rings (SSSR count). The van der Waals surface area contributed by atoms with E-state index >= 15 is 0 Å². The first-order chi connectivity index (χ1) is 7.09. The highest BCUT2D eigenvalue weighted by atomic mass is 17.0. The Balaban J connectivity index is 2.72. The maximum absolute atomic E-state index is 5.56. The molecule has 0 fully saturated rings. The van der Waals surface area contributed by atoms with Crippen LogP contribution in [0.5, 0.6) is 0 Å². The summed E-state index contributed by atoms with van der Waals surface area (Å²) in [5, 5.41) is 1.48. The number of nitrogens with zero attached hydrogens (tertiary/aromatic N) is 1. The molecule has 0 radical (unpaired) electrons. The fraction of sp³-hybridized carbons (Fsp3) is 0.500. The number of hydrogen-bond donors (Lipinski definition) is 0. The van der Waals surface area contributed by atoms with Gasteiger partial charge in [0.2, 0.25) is 0 Å². The maximum atomic E-state index is 5.56. The van der Waals surface area contributed by atoms with Crippen molar-refractivity contribution in [3.63, 3.8) is 0 Å². The largest absolute Gasteiger partial charge is 0.246 e. The van der Waals surface area contributed by atoms with Crippen LogP contribution in [-0.4, -0.2) is 12.2 Å². The van der Waals surface area contributed by atoms with Gasteiger partial charge in [0.25, 0.3) is 0 Å². The van der Waals surface area contributed by atoms with Crippen molar-refractivity contribution in [1.29, 1.82) is 0 Å². The molecule has 0 aliphatic carbocycles. The van der Waals surface area contributed by atoms with Crippen molar-refractivity contribution in [2.75, 3.05) is 5.23 Å². The van der Waals surface area contributed by atoms with E-state index in [1.54, 1.807) is 0 Å². The van der Waals surface area contributed by atoms with E-state index in [0.717, 1.165) is 5.69 Å². The van der Waals surface area contributed by atoms with Crippen molar-refractivity contribution < 1.29 is 9.68 Å². The van der Waals surface area contributed by atoms with Gasteiger partial charge in [-0.2, -0.15) is 0 Å². The molecule has 0 spiro atoms. The summed E-state index contributed by atoms with van der Waals surface area (Å²) in [4.78, 5) is 11.1. The van der Waals surface area contributed by atoms with Crippen LogP contribution in [0.2, 0.25) is 0 Å². The first-order valence-corrected chi connectivity index (χ1v) is 5.28. The fourth-order valence-electron chi connectivity index (χ4n) is 1.08. The number of benzene rings is 1. The topological polar surface area (TPSA) is 21.7 Å². The van der Waals surface area contributed by atoms with Crippen LogP contribution in [0.25, 0.3) is 0 Å². The fourth-order valence-corrected chi connectivity index (χ4v) is 1.08. The van der Waals surface area contributed by atoms with Crippen LogP contribution in [0, 0.1) is 0 Å². The van der Waals surface area contributed by atoms with Crippen LogP contribution < -0.4 is 5.23 Å². The Labute approximate surface area is 91.5 Å². The molecule has 84 valence electrons. The third kappa shape index (κ3) is 4.32. The SMILES string of the molecule is CC(C)ON(OC(C)C)c1ccccc1. The summed E-state index contributed by atoms with van der Waals surface area (Å²) in [7, 11) is 0. The zero-order valence-electron chi connectivity index (χ0n) is 9.81. The zero-order chi connectivity index (χ0) is 11.3. The molecule has 0 amide bonds. The molecule has 15 heavy (non-hydrogen) atoms. The van der Waals surface area contributed by atoms with Crippen LogP contribution >= 0.6 is 0 Å². The van der Waals surface area contributed by atoms with E-state index in [4.69, 9.17) is 9.68 Å². The molecule has 3 heteroatoms. The maximum Gasteiger partial charge on any atom is 0.0947 e. The molecule has 0 aliphatic heterocycles. The molecule has 0 unspecified atom stereocenters. The van der Waals surface area contributed by atoms with Crippen molar-refractivity contribution in [2.45, 2.75) is 39.9 Å². The highest BCUT2D eigenvalue weighted by Gasteiger charge is 2.11. The molecule has 0 atom stereocenters. The summed E-state index contributed by atoms with van der Waals surface area (Å²) in [6, 6.07) is 9.77. The van der Waals surface area contributed by atoms with Gasteiger partial charge in [-0.15, -0.1) is 5.23 Å². The molecule has 1 aromatic carbocycles. The smallest absolute Gasteiger partial charge is 0.0947 e. The van der Waals surface area contributed by atoms with E-state index in [1.807, 2.05) is 58.0 Å². The summed E-state index contributed by atoms with van der Waals surface area (Å²) in [6.07, 6.45) is 0.174. The Morgan fingerprint density at radius 1 is 0.867 bits per heavy atom. The lowest BCUT2D eigenvalue weighted by Gasteiger charge is -2.26. The predicted molar refractivity (Wildman–Crippen MR) is 61.4 cm³/mol. The minimum Gasteiger partial charge on any atom is -0.246 e. The van der Waals surface area contributed by atoms with Crippen LogP contribution in [0.1, 0.15) is 27.7 Å². The van der Waals surface area contributed by atoms with E-state index in [0.29, 0.717) is 0 Å². The molecule has 0 saturated carbocycles. The standard InChI is InChI=1S/C12H19NO2/c1-10(2)14-13(15-11(3)4)12-8-6-5-7-9-12/h5-11H,1-4H3. The molecule has 0 saturated heterocycles. The van der Waals surface area contributed by atoms with Crippen molar-refractivity contribution in [3.05, 3.63) is 30.3 Å². The average molecular weight is 209 g/mol. The van der Waals surface area contributed by atoms with E-state index in [-0.39, 0.29) is 12.2 Å². The van der Waals surface area contributed by atoms with Gasteiger partial charge in [0.05, 0.1) is 17.9 Å². The van der Waals surface area contributed by atoms with Gasteiger partial charge in [-0.1, -0.05) is 18.2 Å². The zero-order valence-corrected chi connectivity index (χ0v) is 9.81. The predicted octanol–water partition coefficient (Wildman–Crippen LogP) is 3.17. The lowest BCUT2D eigenvalue weighted by Crippen LogP contribution is -2.30. The Morgan fingerprint density at radius 2 is 1.33 bits per heavy atom. The summed E-state index contributed by atoms with van der Waals surface area (Å²) in [5.41, 5.74) is 0.903. The minimum atomic E-state index is 0.0870. The van der Waals surface area contributed by atoms with Crippen LogP contribution in [0.3, 0.4) is 0 Å². The van der Waals surface area contributed by atoms with Gasteiger partial charge in [0.15, 0.2) is 0 Å². The number of rotatable bonds is 5. The van der Waals surface area contributed by atoms with E-state index in [9.17, 15) is 0 Å². The van der Waals surface area contributed by atoms with Gasteiger partial charge in [-0.05, 0) is 39.8 Å². The second-order valence-electron chi connectivity index (χ2n) is 3.90. The summed E-state index contributed by atoms with van der Waals surface area (Å²) >= 11 is 0. The molecule has 0 bridgehead atoms. The lowest BCUT2D eigenvalue weighted by atomic mass is 10.3. The minimum absolute atomic E-state index is 0.0870. The van der Waals surface area contributed by atoms with Gasteiger partial charge >= 0.3 is 0 Å². The van der Waals surface area contributed by atoms with Crippen LogP contribution in [0.4, 0.5) is 5.69 Å². The van der Waals surface area contributed by atoms with Crippen molar-refractivity contribution >= 4 is 5.69 Å². The van der Waals surface area contributed by atoms with E-state index in [1.165, 1.54) is 5.23 Å². The number of hydrogen-bond acceptors (Lipinski definition) is 3. The van der Waals surface area contributed by atoms with Gasteiger partial charge in [-0.25, -0.2) is 9.68 Å². The first-order valence-electron chi connectivity index (χ1n) is 5.28. The summed E-state index contributed by atoms with van der Waals surface area (Å²) < 4.78 is 0. The third-order valence-electron chi connectivity index (χ3n) is 1.58. The van der Waals surface area contributed by atoms with Crippen molar-refractivity contribution in [1.82, 2.24) is 0 Å². The van der Waals surface area contributed by atoms with Gasteiger partial charge in [0.1, 0.15) is 0 Å². The molecule has 3 nitrogen and oxygen atoms in total. The molecular formula is C12H19NO2. The highest BCUT2D eigenvalue weighted by Crippen LogP contribution is 2.16. The van der Waals surface area contributed by atoms with E-state index < -0.39 is 0 Å². The third-order valence-corrected chi connectivity index (χ3v) is 1.58. The monoisotopic (exact) mass is 209 g/mol. The average Bonchev–Trinajstić information content (AvgIpc) is 2.17. The molecule has 0 aliphatic rings. The second-order valence-corrected chi connectivity index (χ2v) is 3.90. The lowest BCUT2D eigenvalue weighted by molar-refractivity contribution is -0.132. The van der Waals surface area contributed by atoms with E-state index in [2.05, 4.69) is 0 Å². The first kappa shape index (κ1) is 12.0. The summed E-state index contributed by atoms with van der Waals surface area (Å²) in [5.74, 6) is 0. The highest BCUT2D eigenvalue weighted by molar-refractivity contribution is 5.40. The van der Waals surface area contributed by atoms with Gasteiger partial charge in [0, 0.05) is 0 Å². The summed E-state index contributed by atoms with van der Waals surface area (Å²) in [6.45, 7) is 7.89. The normalized spacial score (nSPS) is 11.1. The quantitative estimate of drug-likeness (QED) is 0.695. The Hall–Kier alpha value is -1.06. The van der Waals surface area contributed by atoms with Crippen LogP contribution in [-0.2, 0) is 9.68 Å². The molecule has 0 N–H and O–H groups in total. The van der Waals surface area contributed by atoms with Crippen LogP contribution in [0.15, 0.2) is 30.3 Å². The molecule has 1 aromatic rings. The van der Waals surface area contributed by atoms with Crippen molar-refractivity contribution in [2.24, 2.45) is 0 Å². The van der Waals surface area contributed by atoms with Gasteiger partial charge in [-0.3, -0.25) is 0 Å². The second kappa shape index (κ2) is 5.73. The Bertz CT molecular complexity index is 262. The Morgan fingerprint density at radius 3 is 1.73 bits per heavy atom. The number of para-hydroxylation sites is 1.